The molecule has 1 saturated heterocycles. The van der Waals surface area contributed by atoms with E-state index in [0.717, 1.165) is 10.5 Å². The fourth-order valence-electron chi connectivity index (χ4n) is 3.19. The molecule has 1 fully saturated rings. The van der Waals surface area contributed by atoms with Crippen molar-refractivity contribution in [3.63, 3.8) is 0 Å². The smallest absolute Gasteiger partial charge is 0.268 e. The van der Waals surface area contributed by atoms with Crippen molar-refractivity contribution < 1.29 is 22.9 Å². The van der Waals surface area contributed by atoms with Gasteiger partial charge in [0.15, 0.2) is 0 Å². The maximum Gasteiger partial charge on any atom is 0.268 e. The molecule has 30 heavy (non-hydrogen) atoms. The van der Waals surface area contributed by atoms with E-state index in [1.165, 1.54) is 18.5 Å². The molecule has 2 aromatic heterocycles. The highest BCUT2D eigenvalue weighted by atomic mass is 19.3. The first-order valence-electron chi connectivity index (χ1n) is 9.12. The topological polar surface area (TPSA) is 112 Å². The van der Waals surface area contributed by atoms with Gasteiger partial charge in [-0.15, -0.1) is 0 Å². The molecule has 0 bridgehead atoms. The molecular weight excluding hydrogens is 396 g/mol. The first-order chi connectivity index (χ1) is 14.2. The fraction of sp³-hybridized carbons (Fsp3) is 0.350. The van der Waals surface area contributed by atoms with Crippen molar-refractivity contribution in [2.75, 3.05) is 13.1 Å². The molecule has 3 rings (SSSR count). The van der Waals surface area contributed by atoms with E-state index in [1.807, 2.05) is 0 Å². The second-order valence-electron chi connectivity index (χ2n) is 6.94. The summed E-state index contributed by atoms with van der Waals surface area (Å²) < 4.78 is 32.1. The molecule has 8 nitrogen and oxygen atoms in total. The lowest BCUT2D eigenvalue weighted by atomic mass is 10.1. The molecule has 0 aromatic carbocycles. The third-order valence-electron chi connectivity index (χ3n) is 4.75. The number of likely N-dealkylation sites (tertiary alicyclic amines) is 1. The van der Waals surface area contributed by atoms with Crippen LogP contribution in [0.3, 0.4) is 0 Å². The van der Waals surface area contributed by atoms with Crippen LogP contribution in [0, 0.1) is 25.2 Å². The number of pyridine rings is 1. The second-order valence-corrected chi connectivity index (χ2v) is 6.94. The monoisotopic (exact) mass is 415 g/mol. The van der Waals surface area contributed by atoms with Gasteiger partial charge in [-0.05, 0) is 26.0 Å². The molecule has 0 saturated carbocycles. The standard InChI is InChI=1S/C20H19F2N5O3/c1-12-16(13(2)30-26-12)4-3-14-9-24-6-5-17(14)19(29)25-10-18(28)27-11-20(21,22)7-15(27)8-23/h3-6,9,15H,7,10-11H2,1-2H3,(H,25,29). The summed E-state index contributed by atoms with van der Waals surface area (Å²) in [4.78, 5) is 29.6. The van der Waals surface area contributed by atoms with Gasteiger partial charge in [0.05, 0.1) is 24.9 Å². The van der Waals surface area contributed by atoms with Crippen molar-refractivity contribution in [1.82, 2.24) is 20.4 Å². The van der Waals surface area contributed by atoms with E-state index in [0.29, 0.717) is 17.0 Å². The van der Waals surface area contributed by atoms with Crippen LogP contribution >= 0.6 is 0 Å². The van der Waals surface area contributed by atoms with Crippen molar-refractivity contribution in [2.24, 2.45) is 0 Å². The normalized spacial score (nSPS) is 17.8. The van der Waals surface area contributed by atoms with E-state index in [-0.39, 0.29) is 5.56 Å². The minimum Gasteiger partial charge on any atom is -0.361 e. The first-order valence-corrected chi connectivity index (χ1v) is 9.12. The summed E-state index contributed by atoms with van der Waals surface area (Å²) in [6.07, 6.45) is 5.62. The molecule has 1 N–H and O–H groups in total. The van der Waals surface area contributed by atoms with E-state index in [2.05, 4.69) is 15.5 Å². The molecular formula is C20H19F2N5O3. The minimum absolute atomic E-state index is 0.254. The van der Waals surface area contributed by atoms with Crippen LogP contribution in [0.5, 0.6) is 0 Å². The fourth-order valence-corrected chi connectivity index (χ4v) is 3.19. The average molecular weight is 415 g/mol. The number of rotatable bonds is 5. The van der Waals surface area contributed by atoms with E-state index in [9.17, 15) is 18.4 Å². The molecule has 2 amide bonds. The number of carbonyl (C=O) groups is 2. The minimum atomic E-state index is -3.11. The Bertz CT molecular complexity index is 1020. The largest absolute Gasteiger partial charge is 0.361 e. The molecule has 1 unspecified atom stereocenters. The quantitative estimate of drug-likeness (QED) is 0.802. The van der Waals surface area contributed by atoms with Gasteiger partial charge in [0.2, 0.25) is 5.91 Å². The molecule has 156 valence electrons. The third-order valence-corrected chi connectivity index (χ3v) is 4.75. The Kier molecular flexibility index (Phi) is 5.91. The molecule has 3 heterocycles. The second kappa shape index (κ2) is 8.41. The van der Waals surface area contributed by atoms with Gasteiger partial charge in [0, 0.05) is 35.5 Å². The Morgan fingerprint density at radius 2 is 2.20 bits per heavy atom. The van der Waals surface area contributed by atoms with Gasteiger partial charge < -0.3 is 14.7 Å². The number of nitrogens with zero attached hydrogens (tertiary/aromatic N) is 4. The zero-order chi connectivity index (χ0) is 21.9. The highest BCUT2D eigenvalue weighted by Crippen LogP contribution is 2.31. The summed E-state index contributed by atoms with van der Waals surface area (Å²) in [5.74, 6) is -3.79. The van der Waals surface area contributed by atoms with Crippen LogP contribution < -0.4 is 5.32 Å². The molecule has 1 aliphatic rings. The molecule has 0 radical (unpaired) electrons. The number of hydrogen-bond donors (Lipinski definition) is 1. The van der Waals surface area contributed by atoms with Crippen LogP contribution in [-0.4, -0.2) is 51.9 Å². The van der Waals surface area contributed by atoms with Gasteiger partial charge >= 0.3 is 0 Å². The predicted octanol–water partition coefficient (Wildman–Crippen LogP) is 2.35. The van der Waals surface area contributed by atoms with Gasteiger partial charge in [0.25, 0.3) is 11.8 Å². The zero-order valence-corrected chi connectivity index (χ0v) is 16.4. The van der Waals surface area contributed by atoms with Crippen LogP contribution in [0.1, 0.15) is 39.4 Å². The van der Waals surface area contributed by atoms with Crippen LogP contribution in [0.25, 0.3) is 12.2 Å². The van der Waals surface area contributed by atoms with E-state index >= 15 is 0 Å². The number of hydrogen-bond acceptors (Lipinski definition) is 6. The Morgan fingerprint density at radius 1 is 1.43 bits per heavy atom. The van der Waals surface area contributed by atoms with Crippen molar-refractivity contribution in [3.05, 3.63) is 46.6 Å². The summed E-state index contributed by atoms with van der Waals surface area (Å²) in [7, 11) is 0. The number of aryl methyl sites for hydroxylation is 2. The van der Waals surface area contributed by atoms with Gasteiger partial charge in [-0.2, -0.15) is 5.26 Å². The highest BCUT2D eigenvalue weighted by Gasteiger charge is 2.47. The number of nitrogens with one attached hydrogen (secondary N) is 1. The van der Waals surface area contributed by atoms with Crippen LogP contribution in [-0.2, 0) is 4.79 Å². The van der Waals surface area contributed by atoms with Crippen molar-refractivity contribution >= 4 is 24.0 Å². The number of halogens is 2. The lowest BCUT2D eigenvalue weighted by Crippen LogP contribution is -2.43. The summed E-state index contributed by atoms with van der Waals surface area (Å²) in [5.41, 5.74) is 2.21. The van der Waals surface area contributed by atoms with Crippen LogP contribution in [0.2, 0.25) is 0 Å². The molecule has 0 aliphatic carbocycles. The highest BCUT2D eigenvalue weighted by molar-refractivity contribution is 6.00. The number of carbonyl (C=O) groups excluding carboxylic acids is 2. The number of aromatic nitrogens is 2. The molecule has 10 heteroatoms. The summed E-state index contributed by atoms with van der Waals surface area (Å²) >= 11 is 0. The Balaban J connectivity index is 1.69. The summed E-state index contributed by atoms with van der Waals surface area (Å²) in [6.45, 7) is 2.22. The lowest BCUT2D eigenvalue weighted by molar-refractivity contribution is -0.131. The number of nitriles is 1. The van der Waals surface area contributed by atoms with E-state index in [1.54, 1.807) is 32.1 Å². The average Bonchev–Trinajstić information content (AvgIpc) is 3.22. The van der Waals surface area contributed by atoms with Crippen LogP contribution in [0.15, 0.2) is 23.0 Å². The van der Waals surface area contributed by atoms with E-state index in [4.69, 9.17) is 9.78 Å². The van der Waals surface area contributed by atoms with Gasteiger partial charge in [-0.25, -0.2) is 8.78 Å². The maximum absolute atomic E-state index is 13.5. The summed E-state index contributed by atoms with van der Waals surface area (Å²) in [5, 5.41) is 15.3. The lowest BCUT2D eigenvalue weighted by Gasteiger charge is -2.19. The zero-order valence-electron chi connectivity index (χ0n) is 16.4. The molecule has 1 aliphatic heterocycles. The van der Waals surface area contributed by atoms with Crippen LogP contribution in [0.4, 0.5) is 8.78 Å². The molecule has 2 aromatic rings. The Hall–Kier alpha value is -3.61. The summed E-state index contributed by atoms with van der Waals surface area (Å²) in [6, 6.07) is 1.97. The first kappa shape index (κ1) is 21.1. The van der Waals surface area contributed by atoms with E-state index < -0.39 is 43.3 Å². The van der Waals surface area contributed by atoms with Gasteiger partial charge in [-0.1, -0.05) is 11.2 Å². The predicted molar refractivity (Wildman–Crippen MR) is 102 cm³/mol. The molecule has 0 spiro atoms. The number of alkyl halides is 2. The maximum atomic E-state index is 13.5. The SMILES string of the molecule is Cc1noc(C)c1C=Cc1cnccc1C(=O)NCC(=O)N1CC(F)(F)CC1C#N. The van der Waals surface area contributed by atoms with Gasteiger partial charge in [-0.3, -0.25) is 14.6 Å². The Labute approximate surface area is 171 Å². The van der Waals surface area contributed by atoms with Crippen molar-refractivity contribution in [2.45, 2.75) is 32.2 Å². The van der Waals surface area contributed by atoms with Crippen molar-refractivity contribution in [1.29, 1.82) is 5.26 Å². The number of amides is 2. The Morgan fingerprint density at radius 3 is 2.87 bits per heavy atom. The van der Waals surface area contributed by atoms with Crippen molar-refractivity contribution in [3.8, 4) is 6.07 Å². The van der Waals surface area contributed by atoms with Gasteiger partial charge in [0.1, 0.15) is 11.8 Å². The molecule has 1 atom stereocenters. The third kappa shape index (κ3) is 4.51.